The maximum Gasteiger partial charge on any atom is 0.272 e. The van der Waals surface area contributed by atoms with E-state index in [0.29, 0.717) is 11.3 Å². The number of hydrogen-bond donors (Lipinski definition) is 1. The van der Waals surface area contributed by atoms with Gasteiger partial charge in [-0.15, -0.1) is 0 Å². The summed E-state index contributed by atoms with van der Waals surface area (Å²) in [4.78, 5) is 0. The molecule has 2 nitrogen and oxygen atoms in total. The van der Waals surface area contributed by atoms with Gasteiger partial charge in [-0.2, -0.15) is 0 Å². The molecule has 0 amide bonds. The number of halogens is 2. The summed E-state index contributed by atoms with van der Waals surface area (Å²) in [6.07, 6.45) is -3.22. The lowest BCUT2D eigenvalue weighted by Crippen LogP contribution is -2.09. The maximum atomic E-state index is 11.9. The first-order chi connectivity index (χ1) is 6.61. The van der Waals surface area contributed by atoms with Crippen LogP contribution in [0, 0.1) is 0 Å². The molecule has 1 atom stereocenters. The van der Waals surface area contributed by atoms with Crippen molar-refractivity contribution in [3.05, 3.63) is 29.8 Å². The molecule has 4 heteroatoms. The van der Waals surface area contributed by atoms with E-state index in [1.807, 2.05) is 0 Å². The first-order valence-corrected chi connectivity index (χ1v) is 4.29. The molecule has 0 aliphatic carbocycles. The molecule has 0 unspecified atom stereocenters. The minimum Gasteiger partial charge on any atom is -0.487 e. The minimum absolute atomic E-state index is 0.308. The Morgan fingerprint density at radius 3 is 2.57 bits per heavy atom. The Hall–Kier alpha value is -1.16. The zero-order valence-electron chi connectivity index (χ0n) is 7.78. The predicted molar refractivity (Wildman–Crippen MR) is 48.6 cm³/mol. The van der Waals surface area contributed by atoms with Crippen LogP contribution in [0.4, 0.5) is 8.78 Å². The molecule has 1 N–H and O–H groups in total. The van der Waals surface area contributed by atoms with Gasteiger partial charge in [0.25, 0.3) is 6.43 Å². The van der Waals surface area contributed by atoms with E-state index in [2.05, 4.69) is 0 Å². The van der Waals surface area contributed by atoms with Crippen molar-refractivity contribution in [2.75, 3.05) is 6.61 Å². The van der Waals surface area contributed by atoms with Crippen molar-refractivity contribution in [1.29, 1.82) is 0 Å². The number of hydrogen-bond acceptors (Lipinski definition) is 2. The number of aliphatic hydroxyl groups excluding tert-OH is 1. The summed E-state index contributed by atoms with van der Waals surface area (Å²) in [6, 6.07) is 6.60. The van der Waals surface area contributed by atoms with E-state index < -0.39 is 19.1 Å². The lowest BCUT2D eigenvalue weighted by Gasteiger charge is -2.12. The van der Waals surface area contributed by atoms with E-state index in [-0.39, 0.29) is 0 Å². The van der Waals surface area contributed by atoms with Gasteiger partial charge in [-0.3, -0.25) is 0 Å². The van der Waals surface area contributed by atoms with Gasteiger partial charge < -0.3 is 9.84 Å². The fourth-order valence-corrected chi connectivity index (χ4v) is 1.11. The molecular weight excluding hydrogens is 190 g/mol. The SMILES string of the molecule is C[C@H](O)c1ccccc1OCC(F)F. The molecule has 1 aromatic rings. The number of para-hydroxylation sites is 1. The van der Waals surface area contributed by atoms with Gasteiger partial charge in [0, 0.05) is 5.56 Å². The van der Waals surface area contributed by atoms with Gasteiger partial charge in [0.15, 0.2) is 0 Å². The van der Waals surface area contributed by atoms with E-state index >= 15 is 0 Å². The fraction of sp³-hybridized carbons (Fsp3) is 0.400. The van der Waals surface area contributed by atoms with E-state index in [1.54, 1.807) is 31.2 Å². The van der Waals surface area contributed by atoms with Gasteiger partial charge in [0.05, 0.1) is 6.10 Å². The Bertz CT molecular complexity index is 287. The zero-order chi connectivity index (χ0) is 10.6. The maximum absolute atomic E-state index is 11.9. The van der Waals surface area contributed by atoms with Crippen molar-refractivity contribution in [1.82, 2.24) is 0 Å². The van der Waals surface area contributed by atoms with Crippen molar-refractivity contribution in [2.24, 2.45) is 0 Å². The number of rotatable bonds is 4. The van der Waals surface area contributed by atoms with Crippen molar-refractivity contribution in [3.8, 4) is 5.75 Å². The number of benzene rings is 1. The molecule has 0 saturated carbocycles. The molecule has 0 bridgehead atoms. The molecule has 1 rings (SSSR count). The summed E-state index contributed by atoms with van der Waals surface area (Å²) in [5.74, 6) is 0.308. The van der Waals surface area contributed by atoms with Crippen LogP contribution in [0.1, 0.15) is 18.6 Å². The number of ether oxygens (including phenoxy) is 1. The lowest BCUT2D eigenvalue weighted by molar-refractivity contribution is 0.0794. The molecule has 0 aliphatic rings. The normalized spacial score (nSPS) is 12.9. The van der Waals surface area contributed by atoms with Crippen LogP contribution in [-0.4, -0.2) is 18.1 Å². The fourth-order valence-electron chi connectivity index (χ4n) is 1.11. The molecule has 0 spiro atoms. The lowest BCUT2D eigenvalue weighted by atomic mass is 10.1. The smallest absolute Gasteiger partial charge is 0.272 e. The highest BCUT2D eigenvalue weighted by Crippen LogP contribution is 2.24. The van der Waals surface area contributed by atoms with Crippen molar-refractivity contribution in [2.45, 2.75) is 19.5 Å². The predicted octanol–water partition coefficient (Wildman–Crippen LogP) is 2.38. The molecular formula is C10H12F2O2. The van der Waals surface area contributed by atoms with Crippen LogP contribution in [0.3, 0.4) is 0 Å². The largest absolute Gasteiger partial charge is 0.487 e. The van der Waals surface area contributed by atoms with Crippen LogP contribution in [-0.2, 0) is 0 Å². The molecule has 0 aliphatic heterocycles. The van der Waals surface area contributed by atoms with Crippen molar-refractivity contribution in [3.63, 3.8) is 0 Å². The molecule has 0 saturated heterocycles. The molecule has 0 radical (unpaired) electrons. The molecule has 1 aromatic carbocycles. The average molecular weight is 202 g/mol. The van der Waals surface area contributed by atoms with Gasteiger partial charge in [-0.05, 0) is 13.0 Å². The Balaban J connectivity index is 2.74. The number of aliphatic hydroxyl groups is 1. The van der Waals surface area contributed by atoms with Gasteiger partial charge >= 0.3 is 0 Å². The highest BCUT2D eigenvalue weighted by atomic mass is 19.3. The van der Waals surface area contributed by atoms with Crippen LogP contribution < -0.4 is 4.74 Å². The first kappa shape index (κ1) is 10.9. The molecule has 78 valence electrons. The van der Waals surface area contributed by atoms with Gasteiger partial charge in [-0.25, -0.2) is 8.78 Å². The Morgan fingerprint density at radius 2 is 2.00 bits per heavy atom. The minimum atomic E-state index is -2.50. The monoisotopic (exact) mass is 202 g/mol. The van der Waals surface area contributed by atoms with Gasteiger partial charge in [0.2, 0.25) is 0 Å². The van der Waals surface area contributed by atoms with Crippen LogP contribution in [0.25, 0.3) is 0 Å². The summed E-state index contributed by atoms with van der Waals surface area (Å²) < 4.78 is 28.6. The summed E-state index contributed by atoms with van der Waals surface area (Å²) in [5.41, 5.74) is 0.521. The number of alkyl halides is 2. The Morgan fingerprint density at radius 1 is 1.36 bits per heavy atom. The summed E-state index contributed by atoms with van der Waals surface area (Å²) in [7, 11) is 0. The standard InChI is InChI=1S/C10H12F2O2/c1-7(13)8-4-2-3-5-9(8)14-6-10(11)12/h2-5,7,10,13H,6H2,1H3/t7-/m0/s1. The summed E-state index contributed by atoms with van der Waals surface area (Å²) in [5, 5.41) is 9.30. The van der Waals surface area contributed by atoms with Crippen LogP contribution >= 0.6 is 0 Å². The molecule has 14 heavy (non-hydrogen) atoms. The molecule has 0 aromatic heterocycles. The summed E-state index contributed by atoms with van der Waals surface area (Å²) >= 11 is 0. The molecule has 0 fully saturated rings. The first-order valence-electron chi connectivity index (χ1n) is 4.29. The van der Waals surface area contributed by atoms with Crippen molar-refractivity contribution < 1.29 is 18.6 Å². The van der Waals surface area contributed by atoms with Gasteiger partial charge in [-0.1, -0.05) is 18.2 Å². The zero-order valence-corrected chi connectivity index (χ0v) is 7.78. The van der Waals surface area contributed by atoms with E-state index in [4.69, 9.17) is 4.74 Å². The third kappa shape index (κ3) is 2.96. The van der Waals surface area contributed by atoms with Crippen LogP contribution in [0.15, 0.2) is 24.3 Å². The van der Waals surface area contributed by atoms with Gasteiger partial charge in [0.1, 0.15) is 12.4 Å². The third-order valence-corrected chi connectivity index (χ3v) is 1.73. The Labute approximate surface area is 81.1 Å². The van der Waals surface area contributed by atoms with Crippen molar-refractivity contribution >= 4 is 0 Å². The second-order valence-corrected chi connectivity index (χ2v) is 2.92. The van der Waals surface area contributed by atoms with E-state index in [9.17, 15) is 13.9 Å². The Kier molecular flexibility index (Phi) is 3.83. The third-order valence-electron chi connectivity index (χ3n) is 1.73. The summed E-state index contributed by atoms with van der Waals surface area (Å²) in [6.45, 7) is 0.911. The quantitative estimate of drug-likeness (QED) is 0.812. The van der Waals surface area contributed by atoms with Crippen LogP contribution in [0.5, 0.6) is 5.75 Å². The highest BCUT2D eigenvalue weighted by molar-refractivity contribution is 5.34. The average Bonchev–Trinajstić information content (AvgIpc) is 2.15. The van der Waals surface area contributed by atoms with Crippen LogP contribution in [0.2, 0.25) is 0 Å². The second kappa shape index (κ2) is 4.91. The van der Waals surface area contributed by atoms with E-state index in [0.717, 1.165) is 0 Å². The topological polar surface area (TPSA) is 29.5 Å². The molecule has 0 heterocycles. The second-order valence-electron chi connectivity index (χ2n) is 2.92. The van der Waals surface area contributed by atoms with E-state index in [1.165, 1.54) is 0 Å². The highest BCUT2D eigenvalue weighted by Gasteiger charge is 2.10.